The van der Waals surface area contributed by atoms with E-state index in [0.717, 1.165) is 19.9 Å². The first-order chi connectivity index (χ1) is 14.8. The Morgan fingerprint density at radius 2 is 1.68 bits per heavy atom. The van der Waals surface area contributed by atoms with Crippen LogP contribution in [0.25, 0.3) is 0 Å². The summed E-state index contributed by atoms with van der Waals surface area (Å²) >= 11 is 3.40. The number of anilines is 1. The summed E-state index contributed by atoms with van der Waals surface area (Å²) in [6, 6.07) is 22.6. The maximum atomic E-state index is 13.3. The summed E-state index contributed by atoms with van der Waals surface area (Å²) < 4.78 is 28.6. The topological polar surface area (TPSA) is 78.8 Å². The van der Waals surface area contributed by atoms with Gasteiger partial charge in [-0.2, -0.15) is 5.10 Å². The molecule has 0 aromatic heterocycles. The van der Waals surface area contributed by atoms with Crippen LogP contribution in [-0.2, 0) is 14.8 Å². The number of nitrogens with zero attached hydrogens (tertiary/aromatic N) is 2. The Balaban J connectivity index is 1.88. The second-order valence-corrected chi connectivity index (χ2v) is 9.63. The Kier molecular flexibility index (Phi) is 7.25. The molecule has 8 heteroatoms. The number of hydrogen-bond donors (Lipinski definition) is 1. The van der Waals surface area contributed by atoms with Crippen LogP contribution in [0.5, 0.6) is 0 Å². The zero-order valence-electron chi connectivity index (χ0n) is 17.1. The van der Waals surface area contributed by atoms with Gasteiger partial charge in [-0.1, -0.05) is 64.5 Å². The molecule has 0 saturated carbocycles. The van der Waals surface area contributed by atoms with Gasteiger partial charge in [0, 0.05) is 4.47 Å². The lowest BCUT2D eigenvalue weighted by atomic mass is 10.1. The molecule has 3 rings (SSSR count). The van der Waals surface area contributed by atoms with Crippen LogP contribution in [0.3, 0.4) is 0 Å². The largest absolute Gasteiger partial charge is 0.271 e. The van der Waals surface area contributed by atoms with E-state index in [1.807, 2.05) is 30.3 Å². The van der Waals surface area contributed by atoms with Crippen molar-refractivity contribution in [2.45, 2.75) is 18.7 Å². The number of halogens is 1. The first-order valence-electron chi connectivity index (χ1n) is 9.51. The van der Waals surface area contributed by atoms with Gasteiger partial charge in [-0.05, 0) is 55.3 Å². The molecule has 3 aromatic rings. The number of hydrazone groups is 1. The highest BCUT2D eigenvalue weighted by Crippen LogP contribution is 2.26. The first-order valence-corrected chi connectivity index (χ1v) is 11.7. The number of aryl methyl sites for hydroxylation is 1. The average Bonchev–Trinajstić information content (AvgIpc) is 2.77. The van der Waals surface area contributed by atoms with Gasteiger partial charge in [0.2, 0.25) is 0 Å². The second kappa shape index (κ2) is 9.89. The fraction of sp³-hybridized carbons (Fsp3) is 0.130. The second-order valence-electron chi connectivity index (χ2n) is 6.85. The Morgan fingerprint density at radius 3 is 2.35 bits per heavy atom. The number of amides is 1. The minimum atomic E-state index is -3.95. The first kappa shape index (κ1) is 22.7. The third-order valence-corrected chi connectivity index (χ3v) is 6.86. The number of sulfonamides is 1. The smallest absolute Gasteiger partial charge is 0.264 e. The zero-order valence-corrected chi connectivity index (χ0v) is 19.5. The molecule has 0 bridgehead atoms. The monoisotopic (exact) mass is 499 g/mol. The van der Waals surface area contributed by atoms with E-state index in [4.69, 9.17) is 0 Å². The molecule has 0 fully saturated rings. The molecule has 1 N–H and O–H groups in total. The van der Waals surface area contributed by atoms with Crippen molar-refractivity contribution in [3.05, 3.63) is 94.5 Å². The van der Waals surface area contributed by atoms with Crippen LogP contribution in [0.15, 0.2) is 93.3 Å². The van der Waals surface area contributed by atoms with Gasteiger partial charge in [0.05, 0.1) is 16.3 Å². The van der Waals surface area contributed by atoms with Crippen molar-refractivity contribution in [1.82, 2.24) is 5.43 Å². The number of hydrogen-bond acceptors (Lipinski definition) is 4. The van der Waals surface area contributed by atoms with E-state index in [0.29, 0.717) is 11.4 Å². The van der Waals surface area contributed by atoms with Crippen LogP contribution in [0.1, 0.15) is 18.1 Å². The summed E-state index contributed by atoms with van der Waals surface area (Å²) in [4.78, 5) is 12.8. The minimum Gasteiger partial charge on any atom is -0.271 e. The molecule has 0 aliphatic rings. The molecule has 3 aromatic carbocycles. The van der Waals surface area contributed by atoms with E-state index in [1.54, 1.807) is 50.2 Å². The summed E-state index contributed by atoms with van der Waals surface area (Å²) in [6.45, 7) is 3.16. The highest BCUT2D eigenvalue weighted by Gasteiger charge is 2.28. The molecular weight excluding hydrogens is 478 g/mol. The summed E-state index contributed by atoms with van der Waals surface area (Å²) in [6.07, 6.45) is 0. The predicted octanol–water partition coefficient (Wildman–Crippen LogP) is 4.49. The molecule has 6 nitrogen and oxygen atoms in total. The van der Waals surface area contributed by atoms with Gasteiger partial charge in [0.1, 0.15) is 6.54 Å². The van der Waals surface area contributed by atoms with Crippen molar-refractivity contribution >= 4 is 43.3 Å². The standard InChI is InChI=1S/C23H22BrN3O3S/c1-17-9-6-7-14-22(17)27(31(29,30)21-12-4-3-5-13-21)16-23(28)26-25-18(2)19-10-8-11-20(24)15-19/h3-15H,16H2,1-2H3,(H,26,28)/b25-18-. The SMILES string of the molecule is C/C(=N/NC(=O)CN(c1ccccc1C)S(=O)(=O)c1ccccc1)c1cccc(Br)c1. The molecule has 0 saturated heterocycles. The van der Waals surface area contributed by atoms with Crippen LogP contribution < -0.4 is 9.73 Å². The fourth-order valence-electron chi connectivity index (χ4n) is 2.95. The predicted molar refractivity (Wildman–Crippen MR) is 127 cm³/mol. The quantitative estimate of drug-likeness (QED) is 0.384. The fourth-order valence-corrected chi connectivity index (χ4v) is 4.86. The molecule has 0 aliphatic carbocycles. The van der Waals surface area contributed by atoms with Gasteiger partial charge in [0.15, 0.2) is 0 Å². The van der Waals surface area contributed by atoms with E-state index >= 15 is 0 Å². The van der Waals surface area contributed by atoms with E-state index in [2.05, 4.69) is 26.5 Å². The summed E-state index contributed by atoms with van der Waals surface area (Å²) in [5.74, 6) is -0.544. The van der Waals surface area contributed by atoms with Crippen LogP contribution in [0.4, 0.5) is 5.69 Å². The van der Waals surface area contributed by atoms with E-state index < -0.39 is 22.5 Å². The van der Waals surface area contributed by atoms with Crippen molar-refractivity contribution in [2.24, 2.45) is 5.10 Å². The molecule has 0 aliphatic heterocycles. The van der Waals surface area contributed by atoms with E-state index in [-0.39, 0.29) is 4.90 Å². The molecule has 0 heterocycles. The maximum absolute atomic E-state index is 13.3. The molecule has 0 unspecified atom stereocenters. The third-order valence-electron chi connectivity index (χ3n) is 4.59. The van der Waals surface area contributed by atoms with Crippen molar-refractivity contribution in [3.63, 3.8) is 0 Å². The van der Waals surface area contributed by atoms with Gasteiger partial charge in [0.25, 0.3) is 15.9 Å². The number of carbonyl (C=O) groups is 1. The molecule has 0 radical (unpaired) electrons. The molecule has 0 atom stereocenters. The number of rotatable bonds is 7. The van der Waals surface area contributed by atoms with Crippen LogP contribution in [0, 0.1) is 6.92 Å². The highest BCUT2D eigenvalue weighted by atomic mass is 79.9. The molecule has 1 amide bonds. The number of benzene rings is 3. The zero-order chi connectivity index (χ0) is 22.4. The lowest BCUT2D eigenvalue weighted by Crippen LogP contribution is -2.40. The molecule has 0 spiro atoms. The van der Waals surface area contributed by atoms with Crippen molar-refractivity contribution < 1.29 is 13.2 Å². The third kappa shape index (κ3) is 5.59. The Morgan fingerprint density at radius 1 is 1.00 bits per heavy atom. The van der Waals surface area contributed by atoms with Gasteiger partial charge in [-0.3, -0.25) is 9.10 Å². The number of carbonyl (C=O) groups excluding carboxylic acids is 1. The van der Waals surface area contributed by atoms with Crippen molar-refractivity contribution in [3.8, 4) is 0 Å². The normalized spacial score (nSPS) is 11.8. The minimum absolute atomic E-state index is 0.111. The number of para-hydroxylation sites is 1. The van der Waals surface area contributed by atoms with E-state index in [9.17, 15) is 13.2 Å². The van der Waals surface area contributed by atoms with Gasteiger partial charge >= 0.3 is 0 Å². The van der Waals surface area contributed by atoms with Crippen molar-refractivity contribution in [1.29, 1.82) is 0 Å². The highest BCUT2D eigenvalue weighted by molar-refractivity contribution is 9.10. The van der Waals surface area contributed by atoms with Gasteiger partial charge in [-0.25, -0.2) is 13.8 Å². The van der Waals surface area contributed by atoms with Crippen molar-refractivity contribution in [2.75, 3.05) is 10.8 Å². The van der Waals surface area contributed by atoms with Gasteiger partial charge in [-0.15, -0.1) is 0 Å². The van der Waals surface area contributed by atoms with E-state index in [1.165, 1.54) is 12.1 Å². The average molecular weight is 500 g/mol. The number of nitrogens with one attached hydrogen (secondary N) is 1. The Bertz CT molecular complexity index is 1210. The Labute approximate surface area is 190 Å². The molecule has 31 heavy (non-hydrogen) atoms. The molecule has 160 valence electrons. The van der Waals surface area contributed by atoms with Crippen LogP contribution in [0.2, 0.25) is 0 Å². The Hall–Kier alpha value is -2.97. The maximum Gasteiger partial charge on any atom is 0.264 e. The lowest BCUT2D eigenvalue weighted by Gasteiger charge is -2.25. The summed E-state index contributed by atoms with van der Waals surface area (Å²) in [5, 5.41) is 4.13. The van der Waals surface area contributed by atoms with Gasteiger partial charge < -0.3 is 0 Å². The summed E-state index contributed by atoms with van der Waals surface area (Å²) in [7, 11) is -3.95. The lowest BCUT2D eigenvalue weighted by molar-refractivity contribution is -0.119. The molecular formula is C23H22BrN3O3S. The van der Waals surface area contributed by atoms with Crippen LogP contribution in [-0.4, -0.2) is 26.6 Å². The summed E-state index contributed by atoms with van der Waals surface area (Å²) in [5.41, 5.74) is 5.09. The van der Waals surface area contributed by atoms with Crippen LogP contribution >= 0.6 is 15.9 Å².